The minimum absolute atomic E-state index is 0.00107. The number of thioether (sulfide) groups is 1. The van der Waals surface area contributed by atoms with Gasteiger partial charge in [0.25, 0.3) is 0 Å². The summed E-state index contributed by atoms with van der Waals surface area (Å²) in [6.07, 6.45) is 6.29. The fourth-order valence-corrected chi connectivity index (χ4v) is 2.73. The molecule has 0 saturated carbocycles. The fourth-order valence-electron chi connectivity index (χ4n) is 2.32. The summed E-state index contributed by atoms with van der Waals surface area (Å²) in [5, 5.41) is 0. The van der Waals surface area contributed by atoms with Crippen LogP contribution in [0.4, 0.5) is 0 Å². The third-order valence-corrected chi connectivity index (χ3v) is 4.56. The molecule has 2 rings (SSSR count). The summed E-state index contributed by atoms with van der Waals surface area (Å²) in [4.78, 5) is 15.2. The molecule has 0 bridgehead atoms. The maximum Gasteiger partial charge on any atom is 0.246 e. The van der Waals surface area contributed by atoms with Crippen molar-refractivity contribution in [2.24, 2.45) is 0 Å². The first-order valence-electron chi connectivity index (χ1n) is 7.83. The van der Waals surface area contributed by atoms with Gasteiger partial charge in [0.05, 0.1) is 7.11 Å². The minimum atomic E-state index is -0.00107. The van der Waals surface area contributed by atoms with Crippen LogP contribution in [0.2, 0.25) is 0 Å². The Labute approximate surface area is 148 Å². The van der Waals surface area contributed by atoms with E-state index in [0.29, 0.717) is 6.54 Å². The molecule has 3 nitrogen and oxygen atoms in total. The maximum absolute atomic E-state index is 12.2. The SMILES string of the molecule is COc1ccccc1CCN(C)C(=O)/C=C/c1ccc(SC)cc1. The largest absolute Gasteiger partial charge is 0.496 e. The highest BCUT2D eigenvalue weighted by atomic mass is 32.2. The van der Waals surface area contributed by atoms with Gasteiger partial charge in [-0.25, -0.2) is 0 Å². The molecule has 0 aliphatic carbocycles. The smallest absolute Gasteiger partial charge is 0.246 e. The highest BCUT2D eigenvalue weighted by Gasteiger charge is 2.07. The molecule has 0 N–H and O–H groups in total. The Bertz CT molecular complexity index is 695. The lowest BCUT2D eigenvalue weighted by Gasteiger charge is -2.16. The zero-order chi connectivity index (χ0) is 17.4. The Morgan fingerprint density at radius 2 is 1.88 bits per heavy atom. The molecular formula is C20H23NO2S. The summed E-state index contributed by atoms with van der Waals surface area (Å²) >= 11 is 1.70. The predicted octanol–water partition coefficient (Wildman–Crippen LogP) is 4.13. The molecule has 0 radical (unpaired) electrons. The molecule has 0 heterocycles. The molecule has 4 heteroatoms. The number of benzene rings is 2. The fraction of sp³-hybridized carbons (Fsp3) is 0.250. The number of nitrogens with zero attached hydrogens (tertiary/aromatic N) is 1. The van der Waals surface area contributed by atoms with Gasteiger partial charge in [0.2, 0.25) is 5.91 Å². The van der Waals surface area contributed by atoms with E-state index in [2.05, 4.69) is 12.1 Å². The topological polar surface area (TPSA) is 29.5 Å². The zero-order valence-corrected chi connectivity index (χ0v) is 15.2. The van der Waals surface area contributed by atoms with Crippen molar-refractivity contribution in [3.8, 4) is 5.75 Å². The zero-order valence-electron chi connectivity index (χ0n) is 14.4. The first-order chi connectivity index (χ1) is 11.6. The van der Waals surface area contributed by atoms with E-state index in [1.807, 2.05) is 55.8 Å². The van der Waals surface area contributed by atoms with Crippen molar-refractivity contribution in [2.75, 3.05) is 27.0 Å². The highest BCUT2D eigenvalue weighted by Crippen LogP contribution is 2.18. The molecular weight excluding hydrogens is 318 g/mol. The molecule has 0 aliphatic rings. The van der Waals surface area contributed by atoms with Crippen LogP contribution < -0.4 is 4.74 Å². The average Bonchev–Trinajstić information content (AvgIpc) is 2.64. The van der Waals surface area contributed by atoms with Gasteiger partial charge in [-0.3, -0.25) is 4.79 Å². The molecule has 2 aromatic rings. The van der Waals surface area contributed by atoms with Crippen molar-refractivity contribution in [3.05, 3.63) is 65.7 Å². The average molecular weight is 341 g/mol. The van der Waals surface area contributed by atoms with E-state index < -0.39 is 0 Å². The van der Waals surface area contributed by atoms with Gasteiger partial charge < -0.3 is 9.64 Å². The number of ether oxygens (including phenoxy) is 1. The predicted molar refractivity (Wildman–Crippen MR) is 102 cm³/mol. The summed E-state index contributed by atoms with van der Waals surface area (Å²) < 4.78 is 5.34. The van der Waals surface area contributed by atoms with E-state index in [9.17, 15) is 4.79 Å². The second kappa shape index (κ2) is 9.18. The number of carbonyl (C=O) groups is 1. The van der Waals surface area contributed by atoms with Crippen molar-refractivity contribution in [2.45, 2.75) is 11.3 Å². The molecule has 0 saturated heterocycles. The number of carbonyl (C=O) groups excluding carboxylic acids is 1. The summed E-state index contributed by atoms with van der Waals surface area (Å²) in [6, 6.07) is 16.0. The second-order valence-corrected chi connectivity index (χ2v) is 6.31. The summed E-state index contributed by atoms with van der Waals surface area (Å²) in [5.74, 6) is 0.863. The monoisotopic (exact) mass is 341 g/mol. The molecule has 0 aliphatic heterocycles. The lowest BCUT2D eigenvalue weighted by atomic mass is 10.1. The molecule has 0 fully saturated rings. The molecule has 1 amide bonds. The normalized spacial score (nSPS) is 10.8. The Morgan fingerprint density at radius 1 is 1.17 bits per heavy atom. The number of rotatable bonds is 7. The highest BCUT2D eigenvalue weighted by molar-refractivity contribution is 7.98. The summed E-state index contributed by atoms with van der Waals surface area (Å²) in [6.45, 7) is 0.648. The Balaban J connectivity index is 1.90. The van der Waals surface area contributed by atoms with Gasteiger partial charge in [0.15, 0.2) is 0 Å². The number of amides is 1. The molecule has 126 valence electrons. The van der Waals surface area contributed by atoms with Crippen LogP contribution >= 0.6 is 11.8 Å². The number of para-hydroxylation sites is 1. The summed E-state index contributed by atoms with van der Waals surface area (Å²) in [5.41, 5.74) is 2.13. The molecule has 0 atom stereocenters. The Hall–Kier alpha value is -2.20. The van der Waals surface area contributed by atoms with Crippen molar-refractivity contribution < 1.29 is 9.53 Å². The molecule has 0 unspecified atom stereocenters. The van der Waals surface area contributed by atoms with Gasteiger partial charge in [0, 0.05) is 24.6 Å². The lowest BCUT2D eigenvalue weighted by molar-refractivity contribution is -0.124. The Kier molecular flexibility index (Phi) is 6.94. The maximum atomic E-state index is 12.2. The second-order valence-electron chi connectivity index (χ2n) is 5.43. The number of hydrogen-bond donors (Lipinski definition) is 0. The molecule has 2 aromatic carbocycles. The van der Waals surface area contributed by atoms with Crippen molar-refractivity contribution >= 4 is 23.7 Å². The van der Waals surface area contributed by atoms with Gasteiger partial charge in [-0.15, -0.1) is 11.8 Å². The van der Waals surface area contributed by atoms with E-state index >= 15 is 0 Å². The van der Waals surface area contributed by atoms with Gasteiger partial charge in [0.1, 0.15) is 5.75 Å². The number of methoxy groups -OCH3 is 1. The van der Waals surface area contributed by atoms with Crippen molar-refractivity contribution in [1.82, 2.24) is 4.90 Å². The van der Waals surface area contributed by atoms with E-state index in [4.69, 9.17) is 4.74 Å². The molecule has 24 heavy (non-hydrogen) atoms. The van der Waals surface area contributed by atoms with E-state index in [1.165, 1.54) is 4.90 Å². The third-order valence-electron chi connectivity index (χ3n) is 3.82. The number of hydrogen-bond acceptors (Lipinski definition) is 3. The van der Waals surface area contributed by atoms with Crippen LogP contribution in [0.3, 0.4) is 0 Å². The van der Waals surface area contributed by atoms with Crippen molar-refractivity contribution in [3.63, 3.8) is 0 Å². The van der Waals surface area contributed by atoms with E-state index in [1.54, 1.807) is 29.8 Å². The molecule has 0 aromatic heterocycles. The first-order valence-corrected chi connectivity index (χ1v) is 9.05. The van der Waals surface area contributed by atoms with E-state index in [0.717, 1.165) is 23.3 Å². The van der Waals surface area contributed by atoms with Crippen LogP contribution in [0.15, 0.2) is 59.5 Å². The van der Waals surface area contributed by atoms with Crippen LogP contribution in [0.25, 0.3) is 6.08 Å². The van der Waals surface area contributed by atoms with Crippen LogP contribution in [-0.2, 0) is 11.2 Å². The van der Waals surface area contributed by atoms with E-state index in [-0.39, 0.29) is 5.91 Å². The third kappa shape index (κ3) is 5.17. The van der Waals surface area contributed by atoms with Gasteiger partial charge in [-0.1, -0.05) is 30.3 Å². The van der Waals surface area contributed by atoms with Gasteiger partial charge in [-0.05, 0) is 48.1 Å². The van der Waals surface area contributed by atoms with Crippen LogP contribution in [-0.4, -0.2) is 37.8 Å². The van der Waals surface area contributed by atoms with Gasteiger partial charge in [-0.2, -0.15) is 0 Å². The molecule has 0 spiro atoms. The van der Waals surface area contributed by atoms with Crippen LogP contribution in [0, 0.1) is 0 Å². The standard InChI is InChI=1S/C20H23NO2S/c1-21(15-14-17-6-4-5-7-19(17)23-2)20(22)13-10-16-8-11-18(24-3)12-9-16/h4-13H,14-15H2,1-3H3/b13-10+. The first kappa shape index (κ1) is 18.1. The Morgan fingerprint density at radius 3 is 2.54 bits per heavy atom. The number of likely N-dealkylation sites (N-methyl/N-ethyl adjacent to an activating group) is 1. The quantitative estimate of drug-likeness (QED) is 0.560. The van der Waals surface area contributed by atoms with Crippen LogP contribution in [0.5, 0.6) is 5.75 Å². The van der Waals surface area contributed by atoms with Crippen molar-refractivity contribution in [1.29, 1.82) is 0 Å². The van der Waals surface area contributed by atoms with Crippen LogP contribution in [0.1, 0.15) is 11.1 Å². The lowest BCUT2D eigenvalue weighted by Crippen LogP contribution is -2.27. The minimum Gasteiger partial charge on any atom is -0.496 e. The summed E-state index contributed by atoms with van der Waals surface area (Å²) in [7, 11) is 3.48. The van der Waals surface area contributed by atoms with Gasteiger partial charge >= 0.3 is 0 Å².